The minimum absolute atomic E-state index is 0.296. The van der Waals surface area contributed by atoms with Crippen LogP contribution in [0.2, 0.25) is 0 Å². The molecule has 41 heavy (non-hydrogen) atoms. The molecule has 0 aliphatic carbocycles. The van der Waals surface area contributed by atoms with Crippen molar-refractivity contribution in [3.8, 4) is 22.8 Å². The number of pyridine rings is 1. The van der Waals surface area contributed by atoms with Gasteiger partial charge in [0, 0.05) is 38.4 Å². The zero-order valence-electron chi connectivity index (χ0n) is 22.8. The van der Waals surface area contributed by atoms with Crippen LogP contribution in [-0.2, 0) is 27.9 Å². The minimum atomic E-state index is -3.68. The highest BCUT2D eigenvalue weighted by atomic mass is 32.2. The first-order chi connectivity index (χ1) is 19.9. The lowest BCUT2D eigenvalue weighted by Gasteiger charge is -2.30. The summed E-state index contributed by atoms with van der Waals surface area (Å²) < 4.78 is 46.5. The van der Waals surface area contributed by atoms with Gasteiger partial charge in [-0.3, -0.25) is 9.71 Å². The van der Waals surface area contributed by atoms with Gasteiger partial charge in [-0.1, -0.05) is 12.1 Å². The number of methoxy groups -OCH3 is 2. The van der Waals surface area contributed by atoms with E-state index < -0.39 is 10.2 Å². The number of aromatic nitrogens is 3. The molecule has 2 aliphatic heterocycles. The fraction of sp³-hybridized carbons (Fsp3) is 0.321. The van der Waals surface area contributed by atoms with E-state index in [0.717, 1.165) is 17.5 Å². The maximum absolute atomic E-state index is 12.9. The summed E-state index contributed by atoms with van der Waals surface area (Å²) in [6.45, 7) is 2.60. The molecule has 0 atom stereocenters. The average Bonchev–Trinajstić information content (AvgIpc) is 3.00. The van der Waals surface area contributed by atoms with E-state index in [1.165, 1.54) is 4.31 Å². The van der Waals surface area contributed by atoms with Crippen LogP contribution in [0.5, 0.6) is 11.5 Å². The van der Waals surface area contributed by atoms with Gasteiger partial charge in [0.15, 0.2) is 11.5 Å². The number of hydrogen-bond donors (Lipinski definition) is 2. The summed E-state index contributed by atoms with van der Waals surface area (Å²) in [4.78, 5) is 16.1. The first-order valence-electron chi connectivity index (χ1n) is 13.2. The summed E-state index contributed by atoms with van der Waals surface area (Å²) >= 11 is 0. The van der Waals surface area contributed by atoms with E-state index in [9.17, 15) is 8.42 Å². The normalized spacial score (nSPS) is 15.9. The maximum atomic E-state index is 12.9. The lowest BCUT2D eigenvalue weighted by Crippen LogP contribution is -2.43. The van der Waals surface area contributed by atoms with Gasteiger partial charge in [0.2, 0.25) is 5.95 Å². The predicted octanol–water partition coefficient (Wildman–Crippen LogP) is 2.84. The van der Waals surface area contributed by atoms with Crippen molar-refractivity contribution in [3.63, 3.8) is 0 Å². The lowest BCUT2D eigenvalue weighted by atomic mass is 9.99. The Morgan fingerprint density at radius 1 is 1.00 bits per heavy atom. The summed E-state index contributed by atoms with van der Waals surface area (Å²) in [6.07, 6.45) is 2.45. The van der Waals surface area contributed by atoms with Gasteiger partial charge in [0.05, 0.1) is 55.3 Å². The molecule has 2 aromatic carbocycles. The van der Waals surface area contributed by atoms with Crippen molar-refractivity contribution >= 4 is 38.6 Å². The molecule has 4 heterocycles. The Kier molecular flexibility index (Phi) is 7.24. The van der Waals surface area contributed by atoms with Crippen LogP contribution in [0.15, 0.2) is 48.7 Å². The molecule has 2 aliphatic rings. The third-order valence-electron chi connectivity index (χ3n) is 7.33. The Hall–Kier alpha value is -4.20. The van der Waals surface area contributed by atoms with E-state index in [2.05, 4.69) is 9.71 Å². The third-order valence-corrected chi connectivity index (χ3v) is 8.86. The van der Waals surface area contributed by atoms with Gasteiger partial charge in [-0.25, -0.2) is 4.98 Å². The minimum Gasteiger partial charge on any atom is -0.493 e. The fourth-order valence-electron chi connectivity index (χ4n) is 5.31. The Bertz CT molecular complexity index is 1700. The molecule has 1 saturated heterocycles. The molecule has 12 nitrogen and oxygen atoms in total. The third kappa shape index (κ3) is 5.19. The van der Waals surface area contributed by atoms with Crippen molar-refractivity contribution < 1.29 is 22.6 Å². The molecular weight excluding hydrogens is 546 g/mol. The Morgan fingerprint density at radius 3 is 2.56 bits per heavy atom. The molecular formula is C28H31N7O5S. The Balaban J connectivity index is 1.34. The summed E-state index contributed by atoms with van der Waals surface area (Å²) in [6, 6.07) is 13.0. The summed E-state index contributed by atoms with van der Waals surface area (Å²) in [7, 11) is -0.532. The second kappa shape index (κ2) is 11.0. The highest BCUT2D eigenvalue weighted by Gasteiger charge is 2.27. The van der Waals surface area contributed by atoms with E-state index in [0.29, 0.717) is 90.5 Å². The van der Waals surface area contributed by atoms with Gasteiger partial charge in [-0.15, -0.1) is 0 Å². The number of fused-ring (bicyclic) bond motifs is 2. The molecule has 0 amide bonds. The van der Waals surface area contributed by atoms with Gasteiger partial charge in [0.1, 0.15) is 5.82 Å². The smallest absolute Gasteiger partial charge is 0.301 e. The topological polar surface area (TPSA) is 145 Å². The molecule has 0 radical (unpaired) electrons. The van der Waals surface area contributed by atoms with Gasteiger partial charge in [0.25, 0.3) is 0 Å². The van der Waals surface area contributed by atoms with Crippen LogP contribution in [0, 0.1) is 0 Å². The summed E-state index contributed by atoms with van der Waals surface area (Å²) in [5, 5.41) is 0.627. The average molecular weight is 578 g/mol. The van der Waals surface area contributed by atoms with Crippen molar-refractivity contribution in [2.75, 3.05) is 62.4 Å². The van der Waals surface area contributed by atoms with Crippen LogP contribution in [0.3, 0.4) is 0 Å². The lowest BCUT2D eigenvalue weighted by molar-refractivity contribution is 0.0733. The highest BCUT2D eigenvalue weighted by Crippen LogP contribution is 2.44. The number of nitrogen functional groups attached to an aromatic ring is 1. The van der Waals surface area contributed by atoms with Gasteiger partial charge in [-0.2, -0.15) is 17.7 Å². The van der Waals surface area contributed by atoms with Gasteiger partial charge >= 0.3 is 10.2 Å². The molecule has 214 valence electrons. The first kappa shape index (κ1) is 27.0. The number of ether oxygens (including phenoxy) is 3. The number of morpholine rings is 1. The fourth-order valence-corrected chi connectivity index (χ4v) is 6.50. The number of hydrogen-bond acceptors (Lipinski definition) is 10. The Morgan fingerprint density at radius 2 is 1.83 bits per heavy atom. The van der Waals surface area contributed by atoms with Crippen molar-refractivity contribution in [3.05, 3.63) is 59.8 Å². The number of anilines is 3. The van der Waals surface area contributed by atoms with Gasteiger partial charge < -0.3 is 24.8 Å². The number of rotatable bonds is 7. The number of nitrogens with one attached hydrogen (secondary N) is 1. The van der Waals surface area contributed by atoms with Crippen molar-refractivity contribution in [2.45, 2.75) is 13.0 Å². The standard InChI is InChI=1S/C28H31N7O5S/c1-38-23-16-22-25(24(26(23)39-2)21-5-3-4-9-30-21)27(29)32-28(31-22)34-10-8-18-6-7-20(15-19(18)17-34)33-41(36,37)35-11-13-40-14-12-35/h3-7,9,15-16,33H,8,10-14,17H2,1-2H3,(H2,29,31,32). The molecule has 4 aromatic rings. The molecule has 3 N–H and O–H groups in total. The summed E-state index contributed by atoms with van der Waals surface area (Å²) in [5.41, 5.74) is 11.1. The monoisotopic (exact) mass is 577 g/mol. The molecule has 13 heteroatoms. The zero-order chi connectivity index (χ0) is 28.6. The predicted molar refractivity (Wildman–Crippen MR) is 156 cm³/mol. The molecule has 0 unspecified atom stereocenters. The SMILES string of the molecule is COc1cc2nc(N3CCc4ccc(NS(=O)(=O)N5CCOCC5)cc4C3)nc(N)c2c(-c2ccccn2)c1OC. The highest BCUT2D eigenvalue weighted by molar-refractivity contribution is 7.90. The molecule has 0 bridgehead atoms. The maximum Gasteiger partial charge on any atom is 0.301 e. The molecule has 0 spiro atoms. The number of nitrogens with two attached hydrogens (primary N) is 1. The van der Waals surface area contributed by atoms with E-state index in [4.69, 9.17) is 29.9 Å². The quantitative estimate of drug-likeness (QED) is 0.336. The second-order valence-electron chi connectivity index (χ2n) is 9.78. The molecule has 1 fully saturated rings. The van der Waals surface area contributed by atoms with Crippen LogP contribution in [0.1, 0.15) is 11.1 Å². The molecule has 6 rings (SSSR count). The van der Waals surface area contributed by atoms with Crippen molar-refractivity contribution in [1.82, 2.24) is 19.3 Å². The Labute approximate surface area is 238 Å². The number of benzene rings is 2. The van der Waals surface area contributed by atoms with Crippen LogP contribution in [0.25, 0.3) is 22.2 Å². The van der Waals surface area contributed by atoms with Crippen LogP contribution in [0.4, 0.5) is 17.5 Å². The van der Waals surface area contributed by atoms with Crippen molar-refractivity contribution in [1.29, 1.82) is 0 Å². The van der Waals surface area contributed by atoms with E-state index >= 15 is 0 Å². The molecule has 0 saturated carbocycles. The van der Waals surface area contributed by atoms with Crippen LogP contribution >= 0.6 is 0 Å². The van der Waals surface area contributed by atoms with E-state index in [1.807, 2.05) is 35.2 Å². The second-order valence-corrected chi connectivity index (χ2v) is 11.4. The van der Waals surface area contributed by atoms with Crippen LogP contribution < -0.4 is 24.8 Å². The largest absolute Gasteiger partial charge is 0.493 e. The van der Waals surface area contributed by atoms with Gasteiger partial charge in [-0.05, 0) is 41.8 Å². The first-order valence-corrected chi connectivity index (χ1v) is 14.7. The number of nitrogens with zero attached hydrogens (tertiary/aromatic N) is 5. The van der Waals surface area contributed by atoms with Crippen LogP contribution in [-0.4, -0.2) is 74.7 Å². The summed E-state index contributed by atoms with van der Waals surface area (Å²) in [5.74, 6) is 1.77. The van der Waals surface area contributed by atoms with Crippen molar-refractivity contribution in [2.24, 2.45) is 0 Å². The van der Waals surface area contributed by atoms with E-state index in [1.54, 1.807) is 32.5 Å². The molecule has 2 aromatic heterocycles. The zero-order valence-corrected chi connectivity index (χ0v) is 23.6. The van der Waals surface area contributed by atoms with E-state index in [-0.39, 0.29) is 0 Å².